The van der Waals surface area contributed by atoms with Crippen LogP contribution < -0.4 is 9.47 Å². The van der Waals surface area contributed by atoms with Crippen molar-refractivity contribution in [3.05, 3.63) is 23.8 Å². The van der Waals surface area contributed by atoms with E-state index in [0.29, 0.717) is 0 Å². The monoisotopic (exact) mass is 359 g/mol. The summed E-state index contributed by atoms with van der Waals surface area (Å²) < 4.78 is 11.7. The van der Waals surface area contributed by atoms with Gasteiger partial charge in [-0.25, -0.2) is 0 Å². The average Bonchev–Trinajstić information content (AvgIpc) is 3.28. The van der Waals surface area contributed by atoms with Crippen LogP contribution in [0.1, 0.15) is 70.3 Å². The molecule has 0 saturated heterocycles. The SMILES string of the molecule is COc1ccc(C2=NOC3(CCC(C)(O)CC3)C2)cc1OC1CCCC1. The molecular formula is C21H29NO4. The van der Waals surface area contributed by atoms with Gasteiger partial charge in [-0.1, -0.05) is 5.16 Å². The van der Waals surface area contributed by atoms with Gasteiger partial charge >= 0.3 is 0 Å². The van der Waals surface area contributed by atoms with Crippen molar-refractivity contribution in [2.45, 2.75) is 82.0 Å². The summed E-state index contributed by atoms with van der Waals surface area (Å²) in [6.45, 7) is 1.91. The summed E-state index contributed by atoms with van der Waals surface area (Å²) in [7, 11) is 1.68. The van der Waals surface area contributed by atoms with Crippen LogP contribution in [0.2, 0.25) is 0 Å². The fourth-order valence-corrected chi connectivity index (χ4v) is 4.32. The second kappa shape index (κ2) is 6.76. The molecule has 2 aliphatic carbocycles. The molecule has 1 spiro atoms. The van der Waals surface area contributed by atoms with E-state index in [1.165, 1.54) is 12.8 Å². The minimum absolute atomic E-state index is 0.246. The minimum atomic E-state index is -0.570. The Bertz CT molecular complexity index is 681. The molecule has 0 atom stereocenters. The van der Waals surface area contributed by atoms with Crippen molar-refractivity contribution in [3.63, 3.8) is 0 Å². The molecule has 142 valence electrons. The van der Waals surface area contributed by atoms with Crippen LogP contribution in [0.25, 0.3) is 0 Å². The molecule has 1 heterocycles. The summed E-state index contributed by atoms with van der Waals surface area (Å²) >= 11 is 0. The summed E-state index contributed by atoms with van der Waals surface area (Å²) in [6, 6.07) is 6.02. The van der Waals surface area contributed by atoms with E-state index >= 15 is 0 Å². The van der Waals surface area contributed by atoms with E-state index in [1.54, 1.807) is 7.11 Å². The average molecular weight is 359 g/mol. The van der Waals surface area contributed by atoms with Gasteiger partial charge < -0.3 is 19.4 Å². The Morgan fingerprint density at radius 3 is 2.54 bits per heavy atom. The third kappa shape index (κ3) is 3.54. The van der Waals surface area contributed by atoms with Crippen molar-refractivity contribution >= 4 is 5.71 Å². The molecule has 5 nitrogen and oxygen atoms in total. The Hall–Kier alpha value is -1.75. The van der Waals surface area contributed by atoms with Crippen molar-refractivity contribution in [1.82, 2.24) is 0 Å². The van der Waals surface area contributed by atoms with Gasteiger partial charge in [-0.15, -0.1) is 0 Å². The van der Waals surface area contributed by atoms with Crippen LogP contribution in [0.15, 0.2) is 23.4 Å². The van der Waals surface area contributed by atoms with Crippen LogP contribution in [0.3, 0.4) is 0 Å². The number of ether oxygens (including phenoxy) is 2. The highest BCUT2D eigenvalue weighted by Crippen LogP contribution is 2.43. The molecule has 1 aliphatic heterocycles. The fraction of sp³-hybridized carbons (Fsp3) is 0.667. The normalized spacial score (nSPS) is 31.7. The number of rotatable bonds is 4. The molecule has 1 aromatic rings. The lowest BCUT2D eigenvalue weighted by Crippen LogP contribution is -2.41. The molecule has 0 unspecified atom stereocenters. The number of benzene rings is 1. The summed E-state index contributed by atoms with van der Waals surface area (Å²) in [5.41, 5.74) is 1.18. The predicted molar refractivity (Wildman–Crippen MR) is 99.9 cm³/mol. The highest BCUT2D eigenvalue weighted by atomic mass is 16.7. The third-order valence-electron chi connectivity index (χ3n) is 6.17. The van der Waals surface area contributed by atoms with Crippen LogP contribution in [0.4, 0.5) is 0 Å². The smallest absolute Gasteiger partial charge is 0.162 e. The van der Waals surface area contributed by atoms with Crippen molar-refractivity contribution < 1.29 is 19.4 Å². The largest absolute Gasteiger partial charge is 0.493 e. The Balaban J connectivity index is 1.49. The first kappa shape index (κ1) is 17.7. The van der Waals surface area contributed by atoms with Gasteiger partial charge in [-0.2, -0.15) is 0 Å². The number of hydrogen-bond donors (Lipinski definition) is 1. The Labute approximate surface area is 155 Å². The molecule has 0 aromatic heterocycles. The lowest BCUT2D eigenvalue weighted by atomic mass is 9.74. The van der Waals surface area contributed by atoms with Gasteiger partial charge in [0.05, 0.1) is 24.5 Å². The van der Waals surface area contributed by atoms with Gasteiger partial charge in [0, 0.05) is 12.0 Å². The zero-order chi connectivity index (χ0) is 18.2. The summed E-state index contributed by atoms with van der Waals surface area (Å²) in [6.07, 6.45) is 8.97. The maximum Gasteiger partial charge on any atom is 0.162 e. The van der Waals surface area contributed by atoms with Gasteiger partial charge in [0.2, 0.25) is 0 Å². The van der Waals surface area contributed by atoms with Crippen molar-refractivity contribution in [1.29, 1.82) is 0 Å². The van der Waals surface area contributed by atoms with Crippen molar-refractivity contribution in [2.24, 2.45) is 5.16 Å². The van der Waals surface area contributed by atoms with Crippen LogP contribution in [0.5, 0.6) is 11.5 Å². The van der Waals surface area contributed by atoms with E-state index in [0.717, 1.165) is 67.7 Å². The zero-order valence-corrected chi connectivity index (χ0v) is 15.8. The molecule has 0 bridgehead atoms. The second-order valence-electron chi connectivity index (χ2n) is 8.38. The van der Waals surface area contributed by atoms with E-state index in [4.69, 9.17) is 14.3 Å². The summed E-state index contributed by atoms with van der Waals surface area (Å²) in [5, 5.41) is 14.6. The van der Waals surface area contributed by atoms with E-state index in [9.17, 15) is 5.11 Å². The van der Waals surface area contributed by atoms with E-state index in [-0.39, 0.29) is 11.7 Å². The van der Waals surface area contributed by atoms with Gasteiger partial charge in [-0.3, -0.25) is 0 Å². The lowest BCUT2D eigenvalue weighted by molar-refractivity contribution is -0.0954. The minimum Gasteiger partial charge on any atom is -0.493 e. The number of oxime groups is 1. The molecule has 1 N–H and O–H groups in total. The maximum absolute atomic E-state index is 10.2. The van der Waals surface area contributed by atoms with E-state index in [1.807, 2.05) is 25.1 Å². The molecular weight excluding hydrogens is 330 g/mol. The standard InChI is InChI=1S/C21H29NO4/c1-20(23)9-11-21(12-10-20)14-17(22-26-21)15-7-8-18(24-2)19(13-15)25-16-5-3-4-6-16/h7-8,13,16,23H,3-6,9-12,14H2,1-2H3. The van der Waals surface area contributed by atoms with Crippen molar-refractivity contribution in [3.8, 4) is 11.5 Å². The zero-order valence-electron chi connectivity index (χ0n) is 15.8. The fourth-order valence-electron chi connectivity index (χ4n) is 4.32. The van der Waals surface area contributed by atoms with Gasteiger partial charge in [-0.05, 0) is 76.5 Å². The first-order valence-corrected chi connectivity index (χ1v) is 9.81. The molecule has 0 radical (unpaired) electrons. The molecule has 2 saturated carbocycles. The molecule has 1 aromatic carbocycles. The quantitative estimate of drug-likeness (QED) is 0.875. The van der Waals surface area contributed by atoms with E-state index in [2.05, 4.69) is 5.16 Å². The van der Waals surface area contributed by atoms with Gasteiger partial charge in [0.15, 0.2) is 11.5 Å². The van der Waals surface area contributed by atoms with Crippen LogP contribution in [0, 0.1) is 0 Å². The number of hydrogen-bond acceptors (Lipinski definition) is 5. The maximum atomic E-state index is 10.2. The van der Waals surface area contributed by atoms with Gasteiger partial charge in [0.25, 0.3) is 0 Å². The molecule has 3 aliphatic rings. The molecule has 0 amide bonds. The summed E-state index contributed by atoms with van der Waals surface area (Å²) in [4.78, 5) is 5.88. The van der Waals surface area contributed by atoms with Crippen molar-refractivity contribution in [2.75, 3.05) is 7.11 Å². The highest BCUT2D eigenvalue weighted by Gasteiger charge is 2.45. The van der Waals surface area contributed by atoms with Gasteiger partial charge in [0.1, 0.15) is 5.60 Å². The predicted octanol–water partition coefficient (Wildman–Crippen LogP) is 4.20. The first-order valence-electron chi connectivity index (χ1n) is 9.81. The Morgan fingerprint density at radius 2 is 1.85 bits per heavy atom. The van der Waals surface area contributed by atoms with E-state index < -0.39 is 5.60 Å². The highest BCUT2D eigenvalue weighted by molar-refractivity contribution is 6.02. The third-order valence-corrected chi connectivity index (χ3v) is 6.17. The Kier molecular flexibility index (Phi) is 4.59. The molecule has 5 heteroatoms. The number of aliphatic hydroxyl groups is 1. The molecule has 26 heavy (non-hydrogen) atoms. The topological polar surface area (TPSA) is 60.3 Å². The van der Waals surface area contributed by atoms with Crippen LogP contribution >= 0.6 is 0 Å². The number of methoxy groups -OCH3 is 1. The second-order valence-corrected chi connectivity index (χ2v) is 8.38. The van der Waals surface area contributed by atoms with Crippen LogP contribution in [-0.4, -0.2) is 35.2 Å². The first-order chi connectivity index (χ1) is 12.5. The summed E-state index contributed by atoms with van der Waals surface area (Å²) in [5.74, 6) is 1.57. The lowest BCUT2D eigenvalue weighted by Gasteiger charge is -2.38. The number of nitrogens with zero attached hydrogens (tertiary/aromatic N) is 1. The molecule has 2 fully saturated rings. The van der Waals surface area contributed by atoms with Crippen LogP contribution in [-0.2, 0) is 4.84 Å². The Morgan fingerprint density at radius 1 is 1.12 bits per heavy atom. The molecule has 4 rings (SSSR count).